The maximum Gasteiger partial charge on any atom is 0.0372 e. The van der Waals surface area contributed by atoms with Crippen LogP contribution in [0.4, 0.5) is 5.69 Å². The smallest absolute Gasteiger partial charge is 0.0372 e. The fourth-order valence-corrected chi connectivity index (χ4v) is 2.85. The third kappa shape index (κ3) is 4.23. The minimum absolute atomic E-state index is 0.487. The summed E-state index contributed by atoms with van der Waals surface area (Å²) in [5.41, 5.74) is 3.96. The second-order valence-corrected chi connectivity index (χ2v) is 6.14. The minimum atomic E-state index is 0.487. The Balaban J connectivity index is 2.06. The molecular formula is C17H20IN. The van der Waals surface area contributed by atoms with E-state index in [2.05, 4.69) is 90.3 Å². The van der Waals surface area contributed by atoms with Gasteiger partial charge in [-0.3, -0.25) is 0 Å². The van der Waals surface area contributed by atoms with Crippen LogP contribution in [0.2, 0.25) is 0 Å². The first-order valence-corrected chi connectivity index (χ1v) is 7.83. The van der Waals surface area contributed by atoms with Gasteiger partial charge in [-0.1, -0.05) is 37.3 Å². The van der Waals surface area contributed by atoms with Gasteiger partial charge in [-0.25, -0.2) is 0 Å². The molecule has 0 fully saturated rings. The highest BCUT2D eigenvalue weighted by molar-refractivity contribution is 14.1. The summed E-state index contributed by atoms with van der Waals surface area (Å²) in [5, 5.41) is 3.67. The Kier molecular flexibility index (Phi) is 5.25. The molecule has 0 aliphatic carbocycles. The zero-order valence-electron chi connectivity index (χ0n) is 11.5. The fraction of sp³-hybridized carbons (Fsp3) is 0.294. The molecule has 1 atom stereocenters. The standard InChI is InChI=1S/C17H20IN/c1-3-16(12-14-7-5-4-6-8-14)19-17-10-9-15(18)11-13(17)2/h4-11,16,19H,3,12H2,1-2H3. The summed E-state index contributed by atoms with van der Waals surface area (Å²) in [5.74, 6) is 0. The average molecular weight is 365 g/mol. The Morgan fingerprint density at radius 2 is 1.84 bits per heavy atom. The lowest BCUT2D eigenvalue weighted by Crippen LogP contribution is -2.21. The van der Waals surface area contributed by atoms with E-state index < -0.39 is 0 Å². The molecule has 0 saturated carbocycles. The number of aryl methyl sites for hydroxylation is 1. The molecule has 19 heavy (non-hydrogen) atoms. The molecule has 0 saturated heterocycles. The van der Waals surface area contributed by atoms with Gasteiger partial charge in [0, 0.05) is 15.3 Å². The van der Waals surface area contributed by atoms with Gasteiger partial charge in [0.25, 0.3) is 0 Å². The summed E-state index contributed by atoms with van der Waals surface area (Å²) >= 11 is 2.36. The summed E-state index contributed by atoms with van der Waals surface area (Å²) in [6.07, 6.45) is 2.20. The van der Waals surface area contributed by atoms with Crippen molar-refractivity contribution in [3.05, 3.63) is 63.2 Å². The van der Waals surface area contributed by atoms with E-state index in [9.17, 15) is 0 Å². The van der Waals surface area contributed by atoms with E-state index in [1.807, 2.05) is 0 Å². The normalized spacial score (nSPS) is 12.2. The Labute approximate surface area is 129 Å². The van der Waals surface area contributed by atoms with Crippen molar-refractivity contribution in [1.82, 2.24) is 0 Å². The Hall–Kier alpha value is -1.03. The molecule has 0 aromatic heterocycles. The van der Waals surface area contributed by atoms with Gasteiger partial charge in [-0.15, -0.1) is 0 Å². The quantitative estimate of drug-likeness (QED) is 0.733. The van der Waals surface area contributed by atoms with E-state index in [1.54, 1.807) is 0 Å². The molecule has 1 N–H and O–H groups in total. The van der Waals surface area contributed by atoms with Crippen LogP contribution in [-0.2, 0) is 6.42 Å². The van der Waals surface area contributed by atoms with E-state index in [0.717, 1.165) is 12.8 Å². The molecule has 1 nitrogen and oxygen atoms in total. The predicted octanol–water partition coefficient (Wildman–Crippen LogP) is 5.03. The molecule has 2 heteroatoms. The predicted molar refractivity (Wildman–Crippen MR) is 91.7 cm³/mol. The van der Waals surface area contributed by atoms with Gasteiger partial charge >= 0.3 is 0 Å². The highest BCUT2D eigenvalue weighted by atomic mass is 127. The summed E-state index contributed by atoms with van der Waals surface area (Å²) in [4.78, 5) is 0. The summed E-state index contributed by atoms with van der Waals surface area (Å²) in [7, 11) is 0. The first-order valence-electron chi connectivity index (χ1n) is 6.75. The lowest BCUT2D eigenvalue weighted by Gasteiger charge is -2.20. The largest absolute Gasteiger partial charge is 0.382 e. The van der Waals surface area contributed by atoms with Gasteiger partial charge in [0.05, 0.1) is 0 Å². The van der Waals surface area contributed by atoms with Crippen LogP contribution in [0.3, 0.4) is 0 Å². The number of nitrogens with one attached hydrogen (secondary N) is 1. The number of rotatable bonds is 5. The first-order chi connectivity index (χ1) is 9.19. The van der Waals surface area contributed by atoms with Gasteiger partial charge in [0.15, 0.2) is 0 Å². The molecule has 0 radical (unpaired) electrons. The lowest BCUT2D eigenvalue weighted by atomic mass is 10.0. The molecule has 0 aliphatic heterocycles. The van der Waals surface area contributed by atoms with Crippen LogP contribution in [-0.4, -0.2) is 6.04 Å². The molecule has 100 valence electrons. The van der Waals surface area contributed by atoms with Crippen molar-refractivity contribution in [3.8, 4) is 0 Å². The Bertz CT molecular complexity index is 522. The number of halogens is 1. The van der Waals surface area contributed by atoms with E-state index in [-0.39, 0.29) is 0 Å². The second-order valence-electron chi connectivity index (χ2n) is 4.90. The Morgan fingerprint density at radius 1 is 1.11 bits per heavy atom. The minimum Gasteiger partial charge on any atom is -0.382 e. The molecule has 1 unspecified atom stereocenters. The van der Waals surface area contributed by atoms with Gasteiger partial charge < -0.3 is 5.32 Å². The number of benzene rings is 2. The lowest BCUT2D eigenvalue weighted by molar-refractivity contribution is 0.690. The molecule has 0 spiro atoms. The molecule has 2 aromatic carbocycles. The zero-order chi connectivity index (χ0) is 13.7. The van der Waals surface area contributed by atoms with E-state index in [4.69, 9.17) is 0 Å². The monoisotopic (exact) mass is 365 g/mol. The first kappa shape index (κ1) is 14.4. The van der Waals surface area contributed by atoms with E-state index >= 15 is 0 Å². The molecule has 0 aliphatic rings. The second kappa shape index (κ2) is 6.94. The molecule has 0 heterocycles. The van der Waals surface area contributed by atoms with E-state index in [0.29, 0.717) is 6.04 Å². The fourth-order valence-electron chi connectivity index (χ4n) is 2.20. The Morgan fingerprint density at radius 3 is 2.47 bits per heavy atom. The third-order valence-electron chi connectivity index (χ3n) is 3.37. The van der Waals surface area contributed by atoms with Crippen LogP contribution < -0.4 is 5.32 Å². The van der Waals surface area contributed by atoms with Crippen LogP contribution in [0, 0.1) is 10.5 Å². The molecule has 2 aromatic rings. The van der Waals surface area contributed by atoms with Crippen molar-refractivity contribution in [1.29, 1.82) is 0 Å². The van der Waals surface area contributed by atoms with Crippen molar-refractivity contribution < 1.29 is 0 Å². The van der Waals surface area contributed by atoms with Crippen LogP contribution in [0.15, 0.2) is 48.5 Å². The van der Waals surface area contributed by atoms with Crippen molar-refractivity contribution in [2.75, 3.05) is 5.32 Å². The van der Waals surface area contributed by atoms with Crippen molar-refractivity contribution in [3.63, 3.8) is 0 Å². The van der Waals surface area contributed by atoms with Crippen LogP contribution in [0.25, 0.3) is 0 Å². The topological polar surface area (TPSA) is 12.0 Å². The molecular weight excluding hydrogens is 345 g/mol. The average Bonchev–Trinajstić information content (AvgIpc) is 2.42. The SMILES string of the molecule is CCC(Cc1ccccc1)Nc1ccc(I)cc1C. The van der Waals surface area contributed by atoms with Gasteiger partial charge in [-0.2, -0.15) is 0 Å². The summed E-state index contributed by atoms with van der Waals surface area (Å²) in [6.45, 7) is 4.41. The van der Waals surface area contributed by atoms with Crippen LogP contribution in [0.1, 0.15) is 24.5 Å². The maximum absolute atomic E-state index is 3.67. The van der Waals surface area contributed by atoms with Crippen molar-refractivity contribution in [2.45, 2.75) is 32.7 Å². The van der Waals surface area contributed by atoms with Gasteiger partial charge in [-0.05, 0) is 71.7 Å². The van der Waals surface area contributed by atoms with Crippen LogP contribution >= 0.6 is 22.6 Å². The van der Waals surface area contributed by atoms with E-state index in [1.165, 1.54) is 20.4 Å². The van der Waals surface area contributed by atoms with Crippen molar-refractivity contribution in [2.24, 2.45) is 0 Å². The van der Waals surface area contributed by atoms with Crippen molar-refractivity contribution >= 4 is 28.3 Å². The van der Waals surface area contributed by atoms with Gasteiger partial charge in [0.1, 0.15) is 0 Å². The highest BCUT2D eigenvalue weighted by Crippen LogP contribution is 2.20. The maximum atomic E-state index is 3.67. The number of hydrogen-bond acceptors (Lipinski definition) is 1. The zero-order valence-corrected chi connectivity index (χ0v) is 13.6. The molecule has 0 amide bonds. The van der Waals surface area contributed by atoms with Gasteiger partial charge in [0.2, 0.25) is 0 Å². The number of anilines is 1. The molecule has 2 rings (SSSR count). The molecule has 0 bridgehead atoms. The van der Waals surface area contributed by atoms with Crippen LogP contribution in [0.5, 0.6) is 0 Å². The number of hydrogen-bond donors (Lipinski definition) is 1. The third-order valence-corrected chi connectivity index (χ3v) is 4.04. The summed E-state index contributed by atoms with van der Waals surface area (Å²) < 4.78 is 1.29. The summed E-state index contributed by atoms with van der Waals surface area (Å²) in [6, 6.07) is 17.7. The highest BCUT2D eigenvalue weighted by Gasteiger charge is 2.08.